The monoisotopic (exact) mass is 594 g/mol. The standard InChI is InChI=1S/C34H38N6O2S/c1-21(31-15-16-32(43-31)27-10-8-7-9-23(27)20-35-3)36-34-28-19-26(11-13-29(28)37-22(2)38-34)40(6)25-12-14-30(41)24(17-25)18-33(42)39(4)5/h7-17,19,21,35,41H,18,20H2,1-6H3,(H,36,37,38)/t21-/m1/s1. The van der Waals surface area contributed by atoms with Crippen molar-refractivity contribution in [2.45, 2.75) is 32.9 Å². The molecule has 1 amide bonds. The molecule has 0 saturated carbocycles. The minimum Gasteiger partial charge on any atom is -0.508 e. The highest BCUT2D eigenvalue weighted by Gasteiger charge is 2.17. The van der Waals surface area contributed by atoms with Gasteiger partial charge >= 0.3 is 0 Å². The number of thiophene rings is 1. The van der Waals surface area contributed by atoms with Gasteiger partial charge in [-0.15, -0.1) is 11.3 Å². The van der Waals surface area contributed by atoms with E-state index in [4.69, 9.17) is 4.98 Å². The maximum atomic E-state index is 12.3. The van der Waals surface area contributed by atoms with Crippen LogP contribution in [0, 0.1) is 6.92 Å². The van der Waals surface area contributed by atoms with Crippen LogP contribution in [0.15, 0.2) is 72.8 Å². The van der Waals surface area contributed by atoms with Crippen LogP contribution in [0.5, 0.6) is 5.75 Å². The molecule has 2 heterocycles. The fourth-order valence-electron chi connectivity index (χ4n) is 5.06. The number of carbonyl (C=O) groups is 1. The Morgan fingerprint density at radius 1 is 0.953 bits per heavy atom. The van der Waals surface area contributed by atoms with E-state index < -0.39 is 0 Å². The van der Waals surface area contributed by atoms with Crippen LogP contribution in [0.4, 0.5) is 17.2 Å². The molecule has 0 fully saturated rings. The second-order valence-electron chi connectivity index (χ2n) is 10.9. The molecule has 3 N–H and O–H groups in total. The maximum absolute atomic E-state index is 12.3. The average Bonchev–Trinajstić information content (AvgIpc) is 3.48. The van der Waals surface area contributed by atoms with E-state index in [0.29, 0.717) is 11.4 Å². The van der Waals surface area contributed by atoms with Gasteiger partial charge in [-0.25, -0.2) is 9.97 Å². The first-order chi connectivity index (χ1) is 20.6. The molecule has 9 heteroatoms. The molecule has 222 valence electrons. The zero-order valence-electron chi connectivity index (χ0n) is 25.5. The molecule has 3 aromatic carbocycles. The Labute approximate surface area is 257 Å². The fraction of sp³-hybridized carbons (Fsp3) is 0.265. The third kappa shape index (κ3) is 6.63. The van der Waals surface area contributed by atoms with Gasteiger partial charge in [-0.05, 0) is 80.6 Å². The first kappa shape index (κ1) is 30.0. The minimum atomic E-state index is -0.0711. The number of rotatable bonds is 10. The molecule has 5 rings (SSSR count). The van der Waals surface area contributed by atoms with Crippen molar-refractivity contribution < 1.29 is 9.90 Å². The van der Waals surface area contributed by atoms with Crippen LogP contribution in [-0.2, 0) is 17.8 Å². The first-order valence-electron chi connectivity index (χ1n) is 14.3. The van der Waals surface area contributed by atoms with Gasteiger partial charge in [0.25, 0.3) is 0 Å². The number of aromatic hydroxyl groups is 1. The number of anilines is 3. The predicted molar refractivity (Wildman–Crippen MR) is 177 cm³/mol. The number of nitrogens with zero attached hydrogens (tertiary/aromatic N) is 4. The van der Waals surface area contributed by atoms with Crippen LogP contribution in [0.2, 0.25) is 0 Å². The lowest BCUT2D eigenvalue weighted by molar-refractivity contribution is -0.127. The summed E-state index contributed by atoms with van der Waals surface area (Å²) < 4.78 is 0. The third-order valence-corrected chi connectivity index (χ3v) is 8.83. The number of likely N-dealkylation sites (N-methyl/N-ethyl adjacent to an activating group) is 1. The van der Waals surface area contributed by atoms with Crippen molar-refractivity contribution in [2.24, 2.45) is 0 Å². The normalized spacial score (nSPS) is 11.9. The molecule has 0 aliphatic carbocycles. The summed E-state index contributed by atoms with van der Waals surface area (Å²) in [5.41, 5.74) is 5.76. The van der Waals surface area contributed by atoms with Gasteiger partial charge < -0.3 is 25.5 Å². The number of hydrogen-bond acceptors (Lipinski definition) is 8. The third-order valence-electron chi connectivity index (χ3n) is 7.53. The summed E-state index contributed by atoms with van der Waals surface area (Å²) in [5, 5.41) is 18.2. The summed E-state index contributed by atoms with van der Waals surface area (Å²) >= 11 is 1.79. The molecule has 8 nitrogen and oxygen atoms in total. The smallest absolute Gasteiger partial charge is 0.226 e. The fourth-order valence-corrected chi connectivity index (χ4v) is 6.13. The van der Waals surface area contributed by atoms with E-state index in [9.17, 15) is 9.90 Å². The van der Waals surface area contributed by atoms with Crippen molar-refractivity contribution in [1.82, 2.24) is 20.2 Å². The molecule has 0 aliphatic heterocycles. The lowest BCUT2D eigenvalue weighted by Crippen LogP contribution is -2.23. The summed E-state index contributed by atoms with van der Waals surface area (Å²) in [6.45, 7) is 4.88. The van der Waals surface area contributed by atoms with Crippen molar-refractivity contribution in [3.05, 3.63) is 94.6 Å². The van der Waals surface area contributed by atoms with E-state index in [1.807, 2.05) is 50.2 Å². The van der Waals surface area contributed by atoms with Gasteiger partial charge in [0.1, 0.15) is 17.4 Å². The molecule has 0 radical (unpaired) electrons. The zero-order valence-corrected chi connectivity index (χ0v) is 26.3. The van der Waals surface area contributed by atoms with Crippen LogP contribution >= 0.6 is 11.3 Å². The highest BCUT2D eigenvalue weighted by Crippen LogP contribution is 2.36. The molecule has 5 aromatic rings. The van der Waals surface area contributed by atoms with E-state index in [0.717, 1.165) is 34.6 Å². The Morgan fingerprint density at radius 2 is 1.70 bits per heavy atom. The topological polar surface area (TPSA) is 93.6 Å². The van der Waals surface area contributed by atoms with E-state index in [1.165, 1.54) is 25.8 Å². The van der Waals surface area contributed by atoms with Crippen molar-refractivity contribution in [2.75, 3.05) is 38.4 Å². The van der Waals surface area contributed by atoms with Gasteiger partial charge in [-0.2, -0.15) is 0 Å². The van der Waals surface area contributed by atoms with Crippen LogP contribution in [0.3, 0.4) is 0 Å². The van der Waals surface area contributed by atoms with Gasteiger partial charge in [0, 0.05) is 59.8 Å². The Morgan fingerprint density at radius 3 is 2.47 bits per heavy atom. The number of phenols is 1. The van der Waals surface area contributed by atoms with E-state index in [2.05, 4.69) is 65.0 Å². The molecule has 0 saturated heterocycles. The van der Waals surface area contributed by atoms with Crippen LogP contribution in [-0.4, -0.2) is 54.1 Å². The number of amides is 1. The number of benzene rings is 3. The van der Waals surface area contributed by atoms with Crippen molar-refractivity contribution in [1.29, 1.82) is 0 Å². The van der Waals surface area contributed by atoms with Crippen LogP contribution in [0.25, 0.3) is 21.3 Å². The number of aromatic nitrogens is 2. The van der Waals surface area contributed by atoms with E-state index in [1.54, 1.807) is 31.5 Å². The van der Waals surface area contributed by atoms with Gasteiger partial charge in [-0.3, -0.25) is 4.79 Å². The highest BCUT2D eigenvalue weighted by molar-refractivity contribution is 7.15. The SMILES string of the molecule is CNCc1ccccc1-c1ccc([C@@H](C)Nc2nc(C)nc3ccc(N(C)c4ccc(O)c(CC(=O)N(C)C)c4)cc23)s1. The molecule has 0 aliphatic rings. The summed E-state index contributed by atoms with van der Waals surface area (Å²) in [5.74, 6) is 1.51. The Bertz CT molecular complexity index is 1770. The highest BCUT2D eigenvalue weighted by atomic mass is 32.1. The van der Waals surface area contributed by atoms with Crippen LogP contribution < -0.4 is 15.5 Å². The predicted octanol–water partition coefficient (Wildman–Crippen LogP) is 6.66. The molecule has 0 spiro atoms. The van der Waals surface area contributed by atoms with Crippen LogP contribution in [0.1, 0.15) is 34.8 Å². The average molecular weight is 595 g/mol. The Hall–Kier alpha value is -4.47. The number of aryl methyl sites for hydroxylation is 1. The summed E-state index contributed by atoms with van der Waals surface area (Å²) in [6, 6.07) is 24.4. The second-order valence-corrected chi connectivity index (χ2v) is 12.0. The Balaban J connectivity index is 1.43. The number of nitrogens with one attached hydrogen (secondary N) is 2. The van der Waals surface area contributed by atoms with E-state index >= 15 is 0 Å². The quantitative estimate of drug-likeness (QED) is 0.166. The van der Waals surface area contributed by atoms with Crippen molar-refractivity contribution in [3.63, 3.8) is 0 Å². The molecule has 0 unspecified atom stereocenters. The molecular weight excluding hydrogens is 556 g/mol. The van der Waals surface area contributed by atoms with Gasteiger partial charge in [-0.1, -0.05) is 24.3 Å². The largest absolute Gasteiger partial charge is 0.508 e. The molecule has 43 heavy (non-hydrogen) atoms. The molecule has 0 bridgehead atoms. The van der Waals surface area contributed by atoms with Crippen molar-refractivity contribution >= 4 is 45.3 Å². The summed E-state index contributed by atoms with van der Waals surface area (Å²) in [6.07, 6.45) is 0.128. The lowest BCUT2D eigenvalue weighted by atomic mass is 10.1. The summed E-state index contributed by atoms with van der Waals surface area (Å²) in [7, 11) is 7.36. The number of hydrogen-bond donors (Lipinski definition) is 3. The van der Waals surface area contributed by atoms with Gasteiger partial charge in [0.15, 0.2) is 0 Å². The molecule has 1 atom stereocenters. The number of phenolic OH excluding ortho intramolecular Hbond substituents is 1. The zero-order chi connectivity index (χ0) is 30.7. The first-order valence-corrected chi connectivity index (χ1v) is 15.1. The van der Waals surface area contributed by atoms with Gasteiger partial charge in [0.2, 0.25) is 5.91 Å². The second kappa shape index (κ2) is 12.8. The molecule has 2 aromatic heterocycles. The minimum absolute atomic E-state index is 0.0305. The van der Waals surface area contributed by atoms with E-state index in [-0.39, 0.29) is 24.1 Å². The molecular formula is C34H38N6O2S. The lowest BCUT2D eigenvalue weighted by Gasteiger charge is -2.22. The van der Waals surface area contributed by atoms with Gasteiger partial charge in [0.05, 0.1) is 18.0 Å². The summed E-state index contributed by atoms with van der Waals surface area (Å²) in [4.78, 5) is 27.8. The Kier molecular flexibility index (Phi) is 8.94. The number of carbonyl (C=O) groups excluding carboxylic acids is 1. The van der Waals surface area contributed by atoms with Crippen molar-refractivity contribution in [3.8, 4) is 16.2 Å². The maximum Gasteiger partial charge on any atom is 0.226 e. The number of fused-ring (bicyclic) bond motifs is 1.